The van der Waals surface area contributed by atoms with Gasteiger partial charge in [-0.25, -0.2) is 15.4 Å². The number of aryl methyl sites for hydroxylation is 2. The van der Waals surface area contributed by atoms with Crippen molar-refractivity contribution in [2.75, 3.05) is 5.43 Å². The van der Waals surface area contributed by atoms with Crippen molar-refractivity contribution in [2.24, 2.45) is 5.10 Å². The number of benzene rings is 1. The summed E-state index contributed by atoms with van der Waals surface area (Å²) in [6, 6.07) is 10.7. The number of rotatable bonds is 8. The zero-order valence-electron chi connectivity index (χ0n) is 16.1. The van der Waals surface area contributed by atoms with Crippen molar-refractivity contribution >= 4 is 11.7 Å². The van der Waals surface area contributed by atoms with Crippen LogP contribution >= 0.6 is 0 Å². The summed E-state index contributed by atoms with van der Waals surface area (Å²) in [4.78, 5) is 9.10. The van der Waals surface area contributed by atoms with Crippen LogP contribution in [-0.2, 0) is 12.8 Å². The SMILES string of the molecule is CCCc1cc(CC)nc(NN=C(C)c2cccc(C(C)CC)c2)n1. The van der Waals surface area contributed by atoms with Crippen LogP contribution < -0.4 is 5.43 Å². The second-order valence-electron chi connectivity index (χ2n) is 6.52. The summed E-state index contributed by atoms with van der Waals surface area (Å²) < 4.78 is 0. The fourth-order valence-corrected chi connectivity index (χ4v) is 2.67. The van der Waals surface area contributed by atoms with E-state index in [0.29, 0.717) is 11.9 Å². The number of aromatic nitrogens is 2. The predicted molar refractivity (Wildman–Crippen MR) is 106 cm³/mol. The van der Waals surface area contributed by atoms with E-state index in [1.165, 1.54) is 5.56 Å². The molecule has 4 heteroatoms. The molecule has 0 spiro atoms. The molecule has 4 nitrogen and oxygen atoms in total. The van der Waals surface area contributed by atoms with E-state index in [1.54, 1.807) is 0 Å². The first-order chi connectivity index (χ1) is 12.1. The van der Waals surface area contributed by atoms with E-state index in [1.807, 2.05) is 6.92 Å². The van der Waals surface area contributed by atoms with Crippen LogP contribution in [0, 0.1) is 0 Å². The summed E-state index contributed by atoms with van der Waals surface area (Å²) in [6.45, 7) is 10.7. The standard InChI is InChI=1S/C21H30N4/c1-6-10-20-14-19(8-3)22-21(23-20)25-24-16(5)18-12-9-11-17(13-18)15(4)7-2/h9,11-15H,6-8,10H2,1-5H3,(H,22,23,25). The highest BCUT2D eigenvalue weighted by molar-refractivity contribution is 5.99. The van der Waals surface area contributed by atoms with Gasteiger partial charge >= 0.3 is 0 Å². The first-order valence-corrected chi connectivity index (χ1v) is 9.34. The molecule has 1 aromatic heterocycles. The van der Waals surface area contributed by atoms with E-state index in [2.05, 4.69) is 78.5 Å². The second-order valence-corrected chi connectivity index (χ2v) is 6.52. The van der Waals surface area contributed by atoms with E-state index in [0.717, 1.165) is 48.3 Å². The average molecular weight is 338 g/mol. The number of hydrogen-bond acceptors (Lipinski definition) is 4. The van der Waals surface area contributed by atoms with E-state index < -0.39 is 0 Å². The molecule has 1 N–H and O–H groups in total. The Hall–Kier alpha value is -2.23. The van der Waals surface area contributed by atoms with Crippen molar-refractivity contribution in [1.82, 2.24) is 9.97 Å². The van der Waals surface area contributed by atoms with Gasteiger partial charge in [0.15, 0.2) is 0 Å². The molecular formula is C21H30N4. The average Bonchev–Trinajstić information content (AvgIpc) is 2.65. The monoisotopic (exact) mass is 338 g/mol. The zero-order valence-corrected chi connectivity index (χ0v) is 16.1. The van der Waals surface area contributed by atoms with Crippen LogP contribution in [-0.4, -0.2) is 15.7 Å². The lowest BCUT2D eigenvalue weighted by Crippen LogP contribution is -2.06. The minimum absolute atomic E-state index is 0.557. The lowest BCUT2D eigenvalue weighted by molar-refractivity contribution is 0.733. The normalized spacial score (nSPS) is 12.9. The Balaban J connectivity index is 2.19. The topological polar surface area (TPSA) is 50.2 Å². The van der Waals surface area contributed by atoms with Crippen LogP contribution in [0.1, 0.15) is 75.9 Å². The minimum atomic E-state index is 0.557. The lowest BCUT2D eigenvalue weighted by Gasteiger charge is -2.11. The van der Waals surface area contributed by atoms with E-state index in [-0.39, 0.29) is 0 Å². The quantitative estimate of drug-likeness (QED) is 0.522. The van der Waals surface area contributed by atoms with Crippen LogP contribution in [0.25, 0.3) is 0 Å². The number of hydrogen-bond donors (Lipinski definition) is 1. The summed E-state index contributed by atoms with van der Waals surface area (Å²) in [5.41, 5.74) is 8.59. The fourth-order valence-electron chi connectivity index (χ4n) is 2.67. The molecule has 0 saturated carbocycles. The molecule has 1 aromatic carbocycles. The van der Waals surface area contributed by atoms with E-state index >= 15 is 0 Å². The second kappa shape index (κ2) is 9.30. The molecule has 0 aliphatic carbocycles. The zero-order chi connectivity index (χ0) is 18.2. The Bertz CT molecular complexity index is 722. The van der Waals surface area contributed by atoms with Crippen molar-refractivity contribution in [3.8, 4) is 0 Å². The maximum absolute atomic E-state index is 4.57. The Morgan fingerprint density at radius 3 is 2.56 bits per heavy atom. The molecule has 1 unspecified atom stereocenters. The fraction of sp³-hybridized carbons (Fsp3) is 0.476. The van der Waals surface area contributed by atoms with Gasteiger partial charge in [0.2, 0.25) is 5.95 Å². The summed E-state index contributed by atoms with van der Waals surface area (Å²) >= 11 is 0. The van der Waals surface area contributed by atoms with Gasteiger partial charge in [-0.05, 0) is 55.4 Å². The maximum Gasteiger partial charge on any atom is 0.243 e. The van der Waals surface area contributed by atoms with Crippen molar-refractivity contribution in [3.05, 3.63) is 52.8 Å². The molecule has 1 atom stereocenters. The van der Waals surface area contributed by atoms with Gasteiger partial charge in [-0.2, -0.15) is 5.10 Å². The maximum atomic E-state index is 4.57. The highest BCUT2D eigenvalue weighted by atomic mass is 15.4. The van der Waals surface area contributed by atoms with Gasteiger partial charge in [0.05, 0.1) is 5.71 Å². The molecule has 0 amide bonds. The number of anilines is 1. The first-order valence-electron chi connectivity index (χ1n) is 9.34. The Labute approximate surface area is 151 Å². The molecule has 0 radical (unpaired) electrons. The number of nitrogens with zero attached hydrogens (tertiary/aromatic N) is 3. The van der Waals surface area contributed by atoms with Crippen LogP contribution in [0.3, 0.4) is 0 Å². The first kappa shape index (κ1) is 19.1. The third-order valence-electron chi connectivity index (χ3n) is 4.51. The molecule has 2 aromatic rings. The van der Waals surface area contributed by atoms with Crippen molar-refractivity contribution in [3.63, 3.8) is 0 Å². The van der Waals surface area contributed by atoms with Gasteiger partial charge < -0.3 is 0 Å². The third-order valence-corrected chi connectivity index (χ3v) is 4.51. The van der Waals surface area contributed by atoms with Gasteiger partial charge in [-0.15, -0.1) is 0 Å². The Morgan fingerprint density at radius 2 is 1.88 bits per heavy atom. The lowest BCUT2D eigenvalue weighted by atomic mass is 9.96. The summed E-state index contributed by atoms with van der Waals surface area (Å²) in [7, 11) is 0. The van der Waals surface area contributed by atoms with Crippen molar-refractivity contribution in [2.45, 2.75) is 66.2 Å². The predicted octanol–water partition coefficient (Wildman–Crippen LogP) is 5.34. The molecule has 1 heterocycles. The largest absolute Gasteiger partial charge is 0.245 e. The molecule has 134 valence electrons. The minimum Gasteiger partial charge on any atom is -0.245 e. The Morgan fingerprint density at radius 1 is 1.12 bits per heavy atom. The van der Waals surface area contributed by atoms with Crippen molar-refractivity contribution in [1.29, 1.82) is 0 Å². The van der Waals surface area contributed by atoms with Crippen LogP contribution in [0.4, 0.5) is 5.95 Å². The van der Waals surface area contributed by atoms with E-state index in [4.69, 9.17) is 0 Å². The van der Waals surface area contributed by atoms with Gasteiger partial charge in [0, 0.05) is 11.4 Å². The summed E-state index contributed by atoms with van der Waals surface area (Å²) in [5, 5.41) is 4.51. The smallest absolute Gasteiger partial charge is 0.243 e. The molecule has 25 heavy (non-hydrogen) atoms. The molecule has 0 aliphatic rings. The molecule has 0 fully saturated rings. The molecule has 2 rings (SSSR count). The molecule has 0 bridgehead atoms. The summed E-state index contributed by atoms with van der Waals surface area (Å²) in [6.07, 6.45) is 4.07. The molecule has 0 saturated heterocycles. The van der Waals surface area contributed by atoms with Gasteiger partial charge in [-0.1, -0.05) is 52.3 Å². The van der Waals surface area contributed by atoms with Gasteiger partial charge in [-0.3, -0.25) is 0 Å². The van der Waals surface area contributed by atoms with Gasteiger partial charge in [0.1, 0.15) is 0 Å². The highest BCUT2D eigenvalue weighted by Gasteiger charge is 2.06. The Kier molecular flexibility index (Phi) is 7.11. The molecular weight excluding hydrogens is 308 g/mol. The van der Waals surface area contributed by atoms with Gasteiger partial charge in [0.25, 0.3) is 0 Å². The molecule has 0 aliphatic heterocycles. The summed E-state index contributed by atoms with van der Waals surface area (Å²) in [5.74, 6) is 1.14. The van der Waals surface area contributed by atoms with Crippen LogP contribution in [0.5, 0.6) is 0 Å². The highest BCUT2D eigenvalue weighted by Crippen LogP contribution is 2.20. The van der Waals surface area contributed by atoms with E-state index in [9.17, 15) is 0 Å². The van der Waals surface area contributed by atoms with Crippen LogP contribution in [0.2, 0.25) is 0 Å². The number of nitrogens with one attached hydrogen (secondary N) is 1. The van der Waals surface area contributed by atoms with Crippen LogP contribution in [0.15, 0.2) is 35.4 Å². The third kappa shape index (κ3) is 5.38. The number of hydrazone groups is 1. The van der Waals surface area contributed by atoms with Crippen molar-refractivity contribution < 1.29 is 0 Å².